The number of fused-ring (bicyclic) bond motifs is 1. The lowest BCUT2D eigenvalue weighted by atomic mass is 9.78. The number of aromatic nitrogens is 3. The molecule has 1 aliphatic carbocycles. The summed E-state index contributed by atoms with van der Waals surface area (Å²) < 4.78 is 7.63. The van der Waals surface area contributed by atoms with Crippen LogP contribution in [-0.2, 0) is 9.53 Å². The molecule has 3 aliphatic rings. The number of benzene rings is 1. The molecular weight excluding hydrogens is 422 g/mol. The minimum Gasteiger partial charge on any atom is -0.378 e. The molecule has 7 nitrogen and oxygen atoms in total. The van der Waals surface area contributed by atoms with Crippen LogP contribution < -0.4 is 4.90 Å². The summed E-state index contributed by atoms with van der Waals surface area (Å²) in [6, 6.07) is 8.84. The van der Waals surface area contributed by atoms with Crippen LogP contribution in [0.15, 0.2) is 29.4 Å². The first-order chi connectivity index (χ1) is 15.7. The molecule has 1 aromatic carbocycles. The molecule has 0 bridgehead atoms. The Labute approximate surface area is 194 Å². The highest BCUT2D eigenvalue weighted by molar-refractivity contribution is 7.99. The Bertz CT molecular complexity index is 940. The van der Waals surface area contributed by atoms with E-state index in [0.717, 1.165) is 42.8 Å². The number of hydrogen-bond acceptors (Lipinski definition) is 6. The highest BCUT2D eigenvalue weighted by atomic mass is 32.2. The first-order valence-corrected chi connectivity index (χ1v) is 13.0. The SMILES string of the molecule is Cc1cccc(-n2c(SCC(=O)N3CCC[C@@H]4CCCC[C@H]43)nnc2N2CCOCC2)c1. The lowest BCUT2D eigenvalue weighted by molar-refractivity contribution is -0.134. The Morgan fingerprint density at radius 2 is 1.91 bits per heavy atom. The van der Waals surface area contributed by atoms with Crippen molar-refractivity contribution >= 4 is 23.6 Å². The van der Waals surface area contributed by atoms with Gasteiger partial charge in [-0.3, -0.25) is 9.36 Å². The third kappa shape index (κ3) is 4.53. The Balaban J connectivity index is 1.36. The molecule has 8 heteroatoms. The zero-order chi connectivity index (χ0) is 21.9. The summed E-state index contributed by atoms with van der Waals surface area (Å²) in [6.07, 6.45) is 7.45. The molecule has 3 fully saturated rings. The predicted octanol–water partition coefficient (Wildman–Crippen LogP) is 3.69. The second-order valence-electron chi connectivity index (χ2n) is 9.19. The Morgan fingerprint density at radius 3 is 2.75 bits per heavy atom. The molecule has 0 spiro atoms. The molecule has 32 heavy (non-hydrogen) atoms. The molecule has 5 rings (SSSR count). The van der Waals surface area contributed by atoms with E-state index in [-0.39, 0.29) is 5.91 Å². The van der Waals surface area contributed by atoms with Gasteiger partial charge in [-0.1, -0.05) is 36.7 Å². The summed E-state index contributed by atoms with van der Waals surface area (Å²) in [5.41, 5.74) is 2.23. The van der Waals surface area contributed by atoms with Crippen molar-refractivity contribution in [1.29, 1.82) is 0 Å². The van der Waals surface area contributed by atoms with Crippen molar-refractivity contribution in [3.05, 3.63) is 29.8 Å². The first-order valence-electron chi connectivity index (χ1n) is 12.0. The zero-order valence-corrected chi connectivity index (χ0v) is 19.7. The number of rotatable bonds is 5. The predicted molar refractivity (Wildman–Crippen MR) is 127 cm³/mol. The van der Waals surface area contributed by atoms with Crippen molar-refractivity contribution in [3.8, 4) is 5.69 Å². The van der Waals surface area contributed by atoms with Gasteiger partial charge in [-0.2, -0.15) is 0 Å². The van der Waals surface area contributed by atoms with Crippen LogP contribution in [0.1, 0.15) is 44.1 Å². The lowest BCUT2D eigenvalue weighted by Gasteiger charge is -2.44. The fourth-order valence-electron chi connectivity index (χ4n) is 5.46. The molecule has 3 heterocycles. The van der Waals surface area contributed by atoms with Gasteiger partial charge in [0.15, 0.2) is 5.16 Å². The third-order valence-electron chi connectivity index (χ3n) is 7.06. The van der Waals surface area contributed by atoms with E-state index in [4.69, 9.17) is 4.74 Å². The number of carbonyl (C=O) groups excluding carboxylic acids is 1. The van der Waals surface area contributed by atoms with Crippen molar-refractivity contribution < 1.29 is 9.53 Å². The highest BCUT2D eigenvalue weighted by Crippen LogP contribution is 2.36. The van der Waals surface area contributed by atoms with Crippen LogP contribution in [0, 0.1) is 12.8 Å². The number of carbonyl (C=O) groups is 1. The number of anilines is 1. The van der Waals surface area contributed by atoms with Crippen LogP contribution in [0.2, 0.25) is 0 Å². The van der Waals surface area contributed by atoms with E-state index in [0.29, 0.717) is 30.9 Å². The van der Waals surface area contributed by atoms with Gasteiger partial charge < -0.3 is 14.5 Å². The van der Waals surface area contributed by atoms with Gasteiger partial charge in [-0.25, -0.2) is 0 Å². The summed E-state index contributed by atoms with van der Waals surface area (Å²) in [6.45, 7) is 5.98. The van der Waals surface area contributed by atoms with Crippen molar-refractivity contribution in [3.63, 3.8) is 0 Å². The second-order valence-corrected chi connectivity index (χ2v) is 10.1. The van der Waals surface area contributed by atoms with Gasteiger partial charge in [-0.05, 0) is 56.2 Å². The number of hydrogen-bond donors (Lipinski definition) is 0. The third-order valence-corrected chi connectivity index (χ3v) is 7.97. The number of thioether (sulfide) groups is 1. The van der Waals surface area contributed by atoms with E-state index in [9.17, 15) is 4.79 Å². The number of piperidine rings is 1. The summed E-state index contributed by atoms with van der Waals surface area (Å²) in [4.78, 5) is 17.7. The molecule has 0 radical (unpaired) electrons. The molecule has 0 N–H and O–H groups in total. The van der Waals surface area contributed by atoms with Crippen LogP contribution in [-0.4, -0.2) is 70.2 Å². The van der Waals surface area contributed by atoms with E-state index in [1.165, 1.54) is 49.4 Å². The van der Waals surface area contributed by atoms with Crippen LogP contribution >= 0.6 is 11.8 Å². The summed E-state index contributed by atoms with van der Waals surface area (Å²) in [5.74, 6) is 2.20. The fraction of sp³-hybridized carbons (Fsp3) is 0.625. The maximum atomic E-state index is 13.3. The van der Waals surface area contributed by atoms with Crippen LogP contribution in [0.3, 0.4) is 0 Å². The van der Waals surface area contributed by atoms with E-state index in [1.54, 1.807) is 0 Å². The molecule has 2 saturated heterocycles. The van der Waals surface area contributed by atoms with Crippen molar-refractivity contribution in [2.45, 2.75) is 56.6 Å². The number of amides is 1. The van der Waals surface area contributed by atoms with Gasteiger partial charge in [0.2, 0.25) is 11.9 Å². The van der Waals surface area contributed by atoms with Crippen molar-refractivity contribution in [2.24, 2.45) is 5.92 Å². The molecule has 172 valence electrons. The maximum Gasteiger partial charge on any atom is 0.233 e. The minimum absolute atomic E-state index is 0.248. The van der Waals surface area contributed by atoms with Crippen LogP contribution in [0.25, 0.3) is 5.69 Å². The largest absolute Gasteiger partial charge is 0.378 e. The first kappa shape index (κ1) is 21.8. The Hall–Kier alpha value is -2.06. The standard InChI is InChI=1S/C24H33N5O2S/c1-18-6-4-9-20(16-18)29-23(27-12-14-31-15-13-27)25-26-24(29)32-17-22(30)28-11-5-8-19-7-2-3-10-21(19)28/h4,6,9,16,19,21H,2-3,5,7-8,10-15,17H2,1H3/t19-,21+/m0/s1. The quantitative estimate of drug-likeness (QED) is 0.641. The highest BCUT2D eigenvalue weighted by Gasteiger charge is 2.35. The second kappa shape index (κ2) is 9.83. The van der Waals surface area contributed by atoms with Gasteiger partial charge in [0, 0.05) is 25.7 Å². The average molecular weight is 456 g/mol. The van der Waals surface area contributed by atoms with Gasteiger partial charge in [0.1, 0.15) is 0 Å². The number of aryl methyl sites for hydroxylation is 1. The van der Waals surface area contributed by atoms with Gasteiger partial charge in [-0.15, -0.1) is 10.2 Å². The fourth-order valence-corrected chi connectivity index (χ4v) is 6.29. The van der Waals surface area contributed by atoms with E-state index in [1.807, 2.05) is 0 Å². The molecule has 1 aromatic heterocycles. The summed E-state index contributed by atoms with van der Waals surface area (Å²) >= 11 is 1.51. The molecule has 1 amide bonds. The number of nitrogens with zero attached hydrogens (tertiary/aromatic N) is 5. The van der Waals surface area contributed by atoms with Crippen LogP contribution in [0.5, 0.6) is 0 Å². The Kier molecular flexibility index (Phi) is 6.69. The summed E-state index contributed by atoms with van der Waals surface area (Å²) in [5, 5.41) is 9.84. The van der Waals surface area contributed by atoms with Gasteiger partial charge in [0.05, 0.1) is 24.7 Å². The van der Waals surface area contributed by atoms with Crippen LogP contribution in [0.4, 0.5) is 5.95 Å². The van der Waals surface area contributed by atoms with Crippen molar-refractivity contribution in [2.75, 3.05) is 43.5 Å². The molecule has 2 atom stereocenters. The van der Waals surface area contributed by atoms with E-state index in [2.05, 4.69) is 55.8 Å². The summed E-state index contributed by atoms with van der Waals surface area (Å²) in [7, 11) is 0. The monoisotopic (exact) mass is 455 g/mol. The maximum absolute atomic E-state index is 13.3. The number of likely N-dealkylation sites (tertiary alicyclic amines) is 1. The Morgan fingerprint density at radius 1 is 1.09 bits per heavy atom. The molecule has 0 unspecified atom stereocenters. The van der Waals surface area contributed by atoms with E-state index < -0.39 is 0 Å². The average Bonchev–Trinajstić information content (AvgIpc) is 3.27. The lowest BCUT2D eigenvalue weighted by Crippen LogP contribution is -2.50. The zero-order valence-electron chi connectivity index (χ0n) is 18.9. The number of ether oxygens (including phenoxy) is 1. The topological polar surface area (TPSA) is 63.5 Å². The van der Waals surface area contributed by atoms with Gasteiger partial charge >= 0.3 is 0 Å². The molecule has 2 aliphatic heterocycles. The minimum atomic E-state index is 0.248. The van der Waals surface area contributed by atoms with E-state index >= 15 is 0 Å². The smallest absolute Gasteiger partial charge is 0.233 e. The normalized spacial score (nSPS) is 23.8. The molecule has 1 saturated carbocycles. The van der Waals surface area contributed by atoms with Crippen molar-refractivity contribution in [1.82, 2.24) is 19.7 Å². The molecular formula is C24H33N5O2S. The van der Waals surface area contributed by atoms with Gasteiger partial charge in [0.25, 0.3) is 0 Å². The number of morpholine rings is 1. The molecule has 2 aromatic rings.